The SMILES string of the molecule is COc1ccc2c(c1)c(=O)n(Cc1ccc(F)cc1)n2S(=O)(=O)c1ccc(Cl)cc1. The number of ether oxygens (including phenoxy) is 1. The number of hydrogen-bond donors (Lipinski definition) is 0. The van der Waals surface area contributed by atoms with E-state index in [1.54, 1.807) is 6.07 Å². The van der Waals surface area contributed by atoms with Crippen LogP contribution < -0.4 is 10.3 Å². The van der Waals surface area contributed by atoms with Crippen LogP contribution in [0.15, 0.2) is 76.4 Å². The standard InChI is InChI=1S/C21H16ClFN2O4S/c1-29-17-8-11-20-19(12-17)21(26)24(13-14-2-6-16(23)7-3-14)25(20)30(27,28)18-9-4-15(22)5-10-18/h2-12H,13H2,1H3. The molecule has 1 aromatic heterocycles. The largest absolute Gasteiger partial charge is 0.497 e. The maximum Gasteiger partial charge on any atom is 0.282 e. The molecule has 0 aliphatic carbocycles. The summed E-state index contributed by atoms with van der Waals surface area (Å²) >= 11 is 5.89. The van der Waals surface area contributed by atoms with E-state index in [2.05, 4.69) is 0 Å². The highest BCUT2D eigenvalue weighted by molar-refractivity contribution is 7.90. The second-order valence-electron chi connectivity index (χ2n) is 6.57. The quantitative estimate of drug-likeness (QED) is 0.466. The van der Waals surface area contributed by atoms with E-state index in [4.69, 9.17) is 16.3 Å². The molecule has 0 bridgehead atoms. The van der Waals surface area contributed by atoms with Crippen LogP contribution in [0, 0.1) is 5.82 Å². The predicted octanol–water partition coefficient (Wildman–Crippen LogP) is 3.89. The molecule has 4 rings (SSSR count). The second-order valence-corrected chi connectivity index (χ2v) is 8.78. The van der Waals surface area contributed by atoms with Gasteiger partial charge in [-0.3, -0.25) is 4.79 Å². The summed E-state index contributed by atoms with van der Waals surface area (Å²) < 4.78 is 47.5. The normalized spacial score (nSPS) is 11.7. The predicted molar refractivity (Wildman–Crippen MR) is 112 cm³/mol. The third-order valence-electron chi connectivity index (χ3n) is 4.68. The molecule has 1 heterocycles. The maximum absolute atomic E-state index is 13.5. The summed E-state index contributed by atoms with van der Waals surface area (Å²) in [7, 11) is -2.68. The third-order valence-corrected chi connectivity index (χ3v) is 6.65. The van der Waals surface area contributed by atoms with E-state index in [0.717, 1.165) is 8.77 Å². The Morgan fingerprint density at radius 2 is 1.67 bits per heavy atom. The van der Waals surface area contributed by atoms with Crippen molar-refractivity contribution in [2.24, 2.45) is 0 Å². The molecule has 0 atom stereocenters. The fourth-order valence-corrected chi connectivity index (χ4v) is 4.81. The topological polar surface area (TPSA) is 70.3 Å². The van der Waals surface area contributed by atoms with Crippen molar-refractivity contribution in [2.45, 2.75) is 11.4 Å². The fraction of sp³-hybridized carbons (Fsp3) is 0.0952. The van der Waals surface area contributed by atoms with Crippen LogP contribution in [0.2, 0.25) is 5.02 Å². The van der Waals surface area contributed by atoms with Crippen molar-refractivity contribution in [3.8, 4) is 5.75 Å². The monoisotopic (exact) mass is 446 g/mol. The highest BCUT2D eigenvalue weighted by Crippen LogP contribution is 2.24. The summed E-state index contributed by atoms with van der Waals surface area (Å²) in [4.78, 5) is 13.1. The number of methoxy groups -OCH3 is 1. The first-order valence-corrected chi connectivity index (χ1v) is 10.7. The Bertz CT molecular complexity index is 1390. The number of rotatable bonds is 5. The van der Waals surface area contributed by atoms with Crippen LogP contribution in [0.1, 0.15) is 5.56 Å². The molecular formula is C21H16ClFN2O4S. The minimum Gasteiger partial charge on any atom is -0.497 e. The van der Waals surface area contributed by atoms with Gasteiger partial charge in [0, 0.05) is 5.02 Å². The lowest BCUT2D eigenvalue weighted by molar-refractivity contribution is 0.415. The van der Waals surface area contributed by atoms with Crippen molar-refractivity contribution in [3.63, 3.8) is 0 Å². The molecule has 3 aromatic carbocycles. The van der Waals surface area contributed by atoms with Crippen molar-refractivity contribution in [1.29, 1.82) is 0 Å². The minimum atomic E-state index is -4.13. The number of fused-ring (bicyclic) bond motifs is 1. The zero-order valence-electron chi connectivity index (χ0n) is 15.7. The van der Waals surface area contributed by atoms with Crippen LogP contribution in [0.25, 0.3) is 10.9 Å². The lowest BCUT2D eigenvalue weighted by Gasteiger charge is -2.14. The molecule has 154 valence electrons. The van der Waals surface area contributed by atoms with Gasteiger partial charge < -0.3 is 4.74 Å². The van der Waals surface area contributed by atoms with Crippen molar-refractivity contribution in [1.82, 2.24) is 8.77 Å². The number of nitrogens with zero attached hydrogens (tertiary/aromatic N) is 2. The molecule has 0 radical (unpaired) electrons. The summed E-state index contributed by atoms with van der Waals surface area (Å²) in [5.74, 6) is -0.000245. The molecular weight excluding hydrogens is 431 g/mol. The fourth-order valence-electron chi connectivity index (χ4n) is 3.20. The lowest BCUT2D eigenvalue weighted by Crippen LogP contribution is -2.28. The van der Waals surface area contributed by atoms with Crippen molar-refractivity contribution < 1.29 is 17.5 Å². The number of halogens is 2. The van der Waals surface area contributed by atoms with Crippen LogP contribution in [0.5, 0.6) is 5.75 Å². The number of aromatic nitrogens is 2. The first-order chi connectivity index (χ1) is 14.3. The van der Waals surface area contributed by atoms with Gasteiger partial charge in [0.1, 0.15) is 11.6 Å². The van der Waals surface area contributed by atoms with E-state index in [9.17, 15) is 17.6 Å². The van der Waals surface area contributed by atoms with Crippen molar-refractivity contribution in [3.05, 3.63) is 93.5 Å². The van der Waals surface area contributed by atoms with Crippen LogP contribution in [0.3, 0.4) is 0 Å². The van der Waals surface area contributed by atoms with Crippen LogP contribution in [-0.2, 0) is 16.6 Å². The Labute approximate surface area is 176 Å². The van der Waals surface area contributed by atoms with Crippen LogP contribution >= 0.6 is 11.6 Å². The summed E-state index contributed by atoms with van der Waals surface area (Å²) in [6.45, 7) is -0.0665. The number of hydrogen-bond acceptors (Lipinski definition) is 4. The Kier molecular flexibility index (Phi) is 5.13. The lowest BCUT2D eigenvalue weighted by atomic mass is 10.2. The van der Waals surface area contributed by atoms with Crippen LogP contribution in [0.4, 0.5) is 4.39 Å². The van der Waals surface area contributed by atoms with Gasteiger partial charge >= 0.3 is 0 Å². The van der Waals surface area contributed by atoms with Gasteiger partial charge in [-0.2, -0.15) is 12.5 Å². The molecule has 0 aliphatic rings. The molecule has 30 heavy (non-hydrogen) atoms. The van der Waals surface area contributed by atoms with Gasteiger partial charge in [0.05, 0.1) is 29.5 Å². The van der Waals surface area contributed by atoms with Gasteiger partial charge in [-0.05, 0) is 60.2 Å². The van der Waals surface area contributed by atoms with Gasteiger partial charge in [0.15, 0.2) is 0 Å². The second kappa shape index (κ2) is 7.62. The van der Waals surface area contributed by atoms with Crippen molar-refractivity contribution in [2.75, 3.05) is 7.11 Å². The average Bonchev–Trinajstić information content (AvgIpc) is 3.01. The summed E-state index contributed by atoms with van der Waals surface area (Å²) in [5, 5.41) is 0.578. The van der Waals surface area contributed by atoms with E-state index in [-0.39, 0.29) is 22.3 Å². The molecule has 0 spiro atoms. The molecule has 0 fully saturated rings. The molecule has 0 saturated heterocycles. The third kappa shape index (κ3) is 3.48. The van der Waals surface area contributed by atoms with Gasteiger partial charge in [-0.25, -0.2) is 9.07 Å². The van der Waals surface area contributed by atoms with E-state index < -0.39 is 21.4 Å². The molecule has 0 N–H and O–H groups in total. The Morgan fingerprint density at radius 3 is 2.30 bits per heavy atom. The number of benzene rings is 3. The Morgan fingerprint density at radius 1 is 1.00 bits per heavy atom. The highest BCUT2D eigenvalue weighted by atomic mass is 35.5. The molecule has 9 heteroatoms. The minimum absolute atomic E-state index is 0.0209. The first kappa shape index (κ1) is 20.2. The summed E-state index contributed by atoms with van der Waals surface area (Å²) in [6, 6.07) is 15.8. The zero-order chi connectivity index (χ0) is 21.5. The maximum atomic E-state index is 13.5. The smallest absolute Gasteiger partial charge is 0.282 e. The first-order valence-electron chi connectivity index (χ1n) is 8.86. The van der Waals surface area contributed by atoms with E-state index in [1.165, 1.54) is 67.8 Å². The van der Waals surface area contributed by atoms with Gasteiger partial charge in [-0.15, -0.1) is 0 Å². The van der Waals surface area contributed by atoms with E-state index in [0.29, 0.717) is 16.3 Å². The summed E-state index contributed by atoms with van der Waals surface area (Å²) in [6.07, 6.45) is 0. The summed E-state index contributed by atoms with van der Waals surface area (Å²) in [5.41, 5.74) is 0.268. The van der Waals surface area contributed by atoms with Crippen LogP contribution in [-0.4, -0.2) is 24.3 Å². The van der Waals surface area contributed by atoms with E-state index >= 15 is 0 Å². The average molecular weight is 447 g/mol. The van der Waals surface area contributed by atoms with Gasteiger partial charge in [0.25, 0.3) is 15.6 Å². The molecule has 0 unspecified atom stereocenters. The molecule has 0 saturated carbocycles. The zero-order valence-corrected chi connectivity index (χ0v) is 17.3. The highest BCUT2D eigenvalue weighted by Gasteiger charge is 2.25. The van der Waals surface area contributed by atoms with Gasteiger partial charge in [-0.1, -0.05) is 23.7 Å². The van der Waals surface area contributed by atoms with E-state index in [1.807, 2.05) is 0 Å². The Hall–Kier alpha value is -3.10. The molecule has 4 aromatic rings. The molecule has 0 aliphatic heterocycles. The van der Waals surface area contributed by atoms with Crippen molar-refractivity contribution >= 4 is 32.5 Å². The molecule has 6 nitrogen and oxygen atoms in total. The Balaban J connectivity index is 1.99. The molecule has 0 amide bonds. The van der Waals surface area contributed by atoms with Gasteiger partial charge in [0.2, 0.25) is 0 Å².